The Labute approximate surface area is 191 Å². The van der Waals surface area contributed by atoms with E-state index < -0.39 is 5.82 Å². The summed E-state index contributed by atoms with van der Waals surface area (Å²) in [6, 6.07) is 3.35. The number of rotatable bonds is 7. The van der Waals surface area contributed by atoms with Crippen LogP contribution >= 0.6 is 11.6 Å². The summed E-state index contributed by atoms with van der Waals surface area (Å²) in [7, 11) is 0. The number of aromatic nitrogens is 8. The van der Waals surface area contributed by atoms with Gasteiger partial charge in [-0.25, -0.2) is 23.6 Å². The minimum absolute atomic E-state index is 0.0180. The van der Waals surface area contributed by atoms with Gasteiger partial charge in [0, 0.05) is 31.1 Å². The average Bonchev–Trinajstić information content (AvgIpc) is 3.23. The summed E-state index contributed by atoms with van der Waals surface area (Å²) in [5.74, 6) is -0.140. The second kappa shape index (κ2) is 7.73. The number of halogens is 2. The van der Waals surface area contributed by atoms with E-state index in [-0.39, 0.29) is 34.9 Å². The van der Waals surface area contributed by atoms with Crippen molar-refractivity contribution in [1.82, 2.24) is 39.0 Å². The molecule has 5 heterocycles. The zero-order valence-electron chi connectivity index (χ0n) is 17.4. The maximum atomic E-state index is 14.4. The van der Waals surface area contributed by atoms with Gasteiger partial charge in [-0.05, 0) is 36.8 Å². The van der Waals surface area contributed by atoms with E-state index in [1.54, 1.807) is 26.0 Å². The largest absolute Gasteiger partial charge is 0.303 e. The van der Waals surface area contributed by atoms with Crippen LogP contribution in [0, 0.1) is 5.82 Å². The Morgan fingerprint density at radius 2 is 2.12 bits per heavy atom. The van der Waals surface area contributed by atoms with Gasteiger partial charge in [-0.1, -0.05) is 16.8 Å². The lowest BCUT2D eigenvalue weighted by Gasteiger charge is -2.01. The number of nitrogens with zero attached hydrogens (tertiary/aromatic N) is 8. The average molecular weight is 465 g/mol. The Morgan fingerprint density at radius 3 is 2.97 bits per heavy atom. The second-order valence-electron chi connectivity index (χ2n) is 8.25. The van der Waals surface area contributed by atoms with Crippen molar-refractivity contribution in [3.8, 4) is 0 Å². The molecule has 0 spiro atoms. The highest BCUT2D eigenvalue weighted by atomic mass is 35.5. The molecule has 0 N–H and O–H groups in total. The quantitative estimate of drug-likeness (QED) is 0.342. The Hall–Kier alpha value is -3.66. The summed E-state index contributed by atoms with van der Waals surface area (Å²) in [6.45, 7) is 0.373. The summed E-state index contributed by atoms with van der Waals surface area (Å²) in [6.07, 6.45) is 11.5. The van der Waals surface area contributed by atoms with Crippen molar-refractivity contribution >= 4 is 28.5 Å². The van der Waals surface area contributed by atoms with Crippen molar-refractivity contribution in [3.05, 3.63) is 76.7 Å². The van der Waals surface area contributed by atoms with Crippen molar-refractivity contribution in [3.63, 3.8) is 0 Å². The summed E-state index contributed by atoms with van der Waals surface area (Å²) in [4.78, 5) is 21.3. The fourth-order valence-electron chi connectivity index (χ4n) is 3.94. The molecule has 1 aliphatic rings. The molecule has 5 aromatic rings. The zero-order chi connectivity index (χ0) is 22.5. The van der Waals surface area contributed by atoms with E-state index in [2.05, 4.69) is 25.4 Å². The number of imidazole rings is 1. The number of aryl methyl sites for hydroxylation is 1. The second-order valence-corrected chi connectivity index (χ2v) is 8.66. The first kappa shape index (κ1) is 20.0. The van der Waals surface area contributed by atoms with Gasteiger partial charge in [0.2, 0.25) is 0 Å². The van der Waals surface area contributed by atoms with Crippen LogP contribution in [-0.2, 0) is 13.0 Å². The van der Waals surface area contributed by atoms with Crippen LogP contribution in [0.3, 0.4) is 0 Å². The third-order valence-electron chi connectivity index (χ3n) is 5.84. The molecule has 0 saturated heterocycles. The van der Waals surface area contributed by atoms with E-state index in [1.807, 2.05) is 18.5 Å². The van der Waals surface area contributed by atoms with Gasteiger partial charge in [-0.15, -0.1) is 5.10 Å². The molecule has 1 saturated carbocycles. The number of carbonyl (C=O) groups is 1. The molecule has 1 fully saturated rings. The molecule has 0 aromatic carbocycles. The number of Topliss-reactive ketones (excluding diaryl/α,β-unsaturated/α-hetero) is 1. The topological polar surface area (TPSA) is 95.3 Å². The van der Waals surface area contributed by atoms with Gasteiger partial charge in [0.25, 0.3) is 0 Å². The van der Waals surface area contributed by atoms with Crippen LogP contribution in [0.25, 0.3) is 11.2 Å². The normalized spacial score (nSPS) is 13.9. The highest BCUT2D eigenvalue weighted by Crippen LogP contribution is 2.39. The molecule has 166 valence electrons. The van der Waals surface area contributed by atoms with Crippen molar-refractivity contribution < 1.29 is 9.18 Å². The fourth-order valence-corrected chi connectivity index (χ4v) is 4.09. The molecule has 5 aromatic heterocycles. The van der Waals surface area contributed by atoms with Crippen molar-refractivity contribution in [1.29, 1.82) is 0 Å². The SMILES string of the molecule is O=C(CCc1ncn2ccc(Cl)c(F)c12)c1cn(Cc2cc3ncc(C4CC4)cn3n2)nn1. The molecule has 6 rings (SSSR count). The molecule has 11 heteroatoms. The lowest BCUT2D eigenvalue weighted by molar-refractivity contribution is 0.0977. The summed E-state index contributed by atoms with van der Waals surface area (Å²) < 4.78 is 19.3. The van der Waals surface area contributed by atoms with Crippen LogP contribution in [0.2, 0.25) is 5.02 Å². The molecule has 0 unspecified atom stereocenters. The van der Waals surface area contributed by atoms with Gasteiger partial charge >= 0.3 is 0 Å². The van der Waals surface area contributed by atoms with Gasteiger partial charge in [0.15, 0.2) is 17.2 Å². The first-order valence-electron chi connectivity index (χ1n) is 10.6. The number of carbonyl (C=O) groups excluding carboxylic acids is 1. The number of hydrogen-bond donors (Lipinski definition) is 0. The molecule has 0 aliphatic heterocycles. The number of ketones is 1. The molecule has 0 bridgehead atoms. The summed E-state index contributed by atoms with van der Waals surface area (Å²) in [5.41, 5.74) is 3.75. The summed E-state index contributed by atoms with van der Waals surface area (Å²) in [5, 5.41) is 12.6. The monoisotopic (exact) mass is 464 g/mol. The maximum absolute atomic E-state index is 14.4. The third-order valence-corrected chi connectivity index (χ3v) is 6.13. The van der Waals surface area contributed by atoms with Crippen LogP contribution in [-0.4, -0.2) is 44.8 Å². The van der Waals surface area contributed by atoms with Crippen LogP contribution in [0.1, 0.15) is 52.6 Å². The molecular weight excluding hydrogens is 447 g/mol. The lowest BCUT2D eigenvalue weighted by Crippen LogP contribution is -2.03. The fraction of sp³-hybridized carbons (Fsp3) is 0.273. The Balaban J connectivity index is 1.14. The minimum atomic E-state index is -0.545. The minimum Gasteiger partial charge on any atom is -0.303 e. The van der Waals surface area contributed by atoms with Crippen molar-refractivity contribution in [2.45, 2.75) is 38.1 Å². The van der Waals surface area contributed by atoms with Crippen LogP contribution in [0.5, 0.6) is 0 Å². The van der Waals surface area contributed by atoms with Gasteiger partial charge in [-0.3, -0.25) is 4.79 Å². The highest BCUT2D eigenvalue weighted by molar-refractivity contribution is 6.31. The number of pyridine rings is 1. The van der Waals surface area contributed by atoms with Crippen LogP contribution < -0.4 is 0 Å². The lowest BCUT2D eigenvalue weighted by atomic mass is 10.1. The Bertz CT molecular complexity index is 1520. The highest BCUT2D eigenvalue weighted by Gasteiger charge is 2.24. The zero-order valence-corrected chi connectivity index (χ0v) is 18.2. The van der Waals surface area contributed by atoms with Crippen LogP contribution in [0.4, 0.5) is 4.39 Å². The molecule has 33 heavy (non-hydrogen) atoms. The molecule has 0 atom stereocenters. The van der Waals surface area contributed by atoms with E-state index in [1.165, 1.54) is 30.8 Å². The van der Waals surface area contributed by atoms with E-state index >= 15 is 0 Å². The Morgan fingerprint density at radius 1 is 1.24 bits per heavy atom. The van der Waals surface area contributed by atoms with E-state index in [4.69, 9.17) is 11.6 Å². The molecule has 0 radical (unpaired) electrons. The molecule has 0 amide bonds. The maximum Gasteiger partial charge on any atom is 0.185 e. The van der Waals surface area contributed by atoms with Crippen molar-refractivity contribution in [2.24, 2.45) is 0 Å². The van der Waals surface area contributed by atoms with Crippen molar-refractivity contribution in [2.75, 3.05) is 0 Å². The van der Waals surface area contributed by atoms with Gasteiger partial charge < -0.3 is 4.40 Å². The Kier molecular flexibility index (Phi) is 4.68. The van der Waals surface area contributed by atoms with E-state index in [9.17, 15) is 9.18 Å². The van der Waals surface area contributed by atoms with Gasteiger partial charge in [0.1, 0.15) is 11.2 Å². The first-order chi connectivity index (χ1) is 16.0. The third kappa shape index (κ3) is 3.76. The van der Waals surface area contributed by atoms with Crippen LogP contribution in [0.15, 0.2) is 43.2 Å². The first-order valence-corrected chi connectivity index (χ1v) is 11.0. The van der Waals surface area contributed by atoms with E-state index in [0.29, 0.717) is 18.2 Å². The predicted octanol–water partition coefficient (Wildman–Crippen LogP) is 3.50. The molecular formula is C22H18ClFN8O. The van der Waals surface area contributed by atoms with E-state index in [0.717, 1.165) is 11.3 Å². The molecule has 9 nitrogen and oxygen atoms in total. The summed E-state index contributed by atoms with van der Waals surface area (Å²) >= 11 is 5.88. The molecule has 1 aliphatic carbocycles. The number of fused-ring (bicyclic) bond motifs is 2. The smallest absolute Gasteiger partial charge is 0.185 e. The van der Waals surface area contributed by atoms with Gasteiger partial charge in [0.05, 0.1) is 35.5 Å². The van der Waals surface area contributed by atoms with Gasteiger partial charge in [-0.2, -0.15) is 5.10 Å². The standard InChI is InChI=1S/C22H18ClFN8O/c23-16-5-6-30-12-26-17(22(30)21(16)24)3-4-19(33)18-11-31(29-27-18)10-15-7-20-25-8-14(13-1-2-13)9-32(20)28-15/h5-9,11-13H,1-4,10H2. The predicted molar refractivity (Wildman–Crippen MR) is 117 cm³/mol. The number of hydrogen-bond acceptors (Lipinski definition) is 6.